The Labute approximate surface area is 300 Å². The fourth-order valence-electron chi connectivity index (χ4n) is 8.63. The van der Waals surface area contributed by atoms with Crippen LogP contribution >= 0.6 is 0 Å². The quantitative estimate of drug-likeness (QED) is 0.172. The van der Waals surface area contributed by atoms with E-state index < -0.39 is 0 Å². The number of aromatic nitrogens is 3. The molecule has 0 saturated carbocycles. The molecule has 0 aliphatic rings. The summed E-state index contributed by atoms with van der Waals surface area (Å²) in [5.74, 6) is 0.898. The third-order valence-corrected chi connectivity index (χ3v) is 10.7. The maximum absolute atomic E-state index is 5.54. The maximum atomic E-state index is 5.54. The summed E-state index contributed by atoms with van der Waals surface area (Å²) in [6, 6.07) is 67.6. The first-order chi connectivity index (χ1) is 25.8. The molecule has 0 saturated heterocycles. The second-order valence-corrected chi connectivity index (χ2v) is 13.5. The van der Waals surface area contributed by atoms with Gasteiger partial charge in [0.25, 0.3) is 0 Å². The molecule has 3 aromatic heterocycles. The number of rotatable bonds is 4. The maximum Gasteiger partial charge on any atom is 0.138 e. The van der Waals surface area contributed by atoms with E-state index in [1.54, 1.807) is 0 Å². The lowest BCUT2D eigenvalue weighted by Crippen LogP contribution is -1.99. The van der Waals surface area contributed by atoms with Crippen LogP contribution in [0.4, 0.5) is 0 Å². The Morgan fingerprint density at radius 3 is 1.37 bits per heavy atom. The summed E-state index contributed by atoms with van der Waals surface area (Å²) in [6.45, 7) is 0. The molecule has 0 aliphatic heterocycles. The van der Waals surface area contributed by atoms with Crippen molar-refractivity contribution in [1.82, 2.24) is 14.1 Å². The molecule has 0 bridgehead atoms. The molecule has 8 aromatic carbocycles. The number of pyridine rings is 1. The summed E-state index contributed by atoms with van der Waals surface area (Å²) >= 11 is 0. The van der Waals surface area contributed by atoms with Crippen molar-refractivity contribution in [3.05, 3.63) is 188 Å². The average molecular weight is 662 g/mol. The Morgan fingerprint density at radius 1 is 0.308 bits per heavy atom. The number of fused-ring (bicyclic) bond motifs is 9. The van der Waals surface area contributed by atoms with E-state index in [1.165, 1.54) is 65.3 Å². The molecule has 0 amide bonds. The van der Waals surface area contributed by atoms with Gasteiger partial charge >= 0.3 is 0 Å². The van der Waals surface area contributed by atoms with Gasteiger partial charge in [-0.05, 0) is 81.2 Å². The van der Waals surface area contributed by atoms with Gasteiger partial charge in [-0.1, -0.05) is 140 Å². The third kappa shape index (κ3) is 4.11. The minimum Gasteiger partial charge on any atom is -0.309 e. The van der Waals surface area contributed by atoms with Gasteiger partial charge in [-0.25, -0.2) is 4.98 Å². The van der Waals surface area contributed by atoms with Gasteiger partial charge in [0, 0.05) is 32.8 Å². The molecule has 0 radical (unpaired) electrons. The van der Waals surface area contributed by atoms with Crippen LogP contribution in [0.5, 0.6) is 0 Å². The van der Waals surface area contributed by atoms with Crippen LogP contribution in [-0.4, -0.2) is 14.1 Å². The van der Waals surface area contributed by atoms with Gasteiger partial charge in [-0.3, -0.25) is 4.57 Å². The van der Waals surface area contributed by atoms with Crippen molar-refractivity contribution in [3.8, 4) is 33.9 Å². The van der Waals surface area contributed by atoms with Gasteiger partial charge in [0.15, 0.2) is 0 Å². The van der Waals surface area contributed by atoms with E-state index in [-0.39, 0.29) is 0 Å². The zero-order chi connectivity index (χ0) is 34.2. The first-order valence-electron chi connectivity index (χ1n) is 17.8. The molecule has 0 fully saturated rings. The summed E-state index contributed by atoms with van der Waals surface area (Å²) in [5, 5.41) is 9.81. The Kier molecular flexibility index (Phi) is 6.25. The first kappa shape index (κ1) is 28.8. The molecule has 11 aromatic rings. The highest BCUT2D eigenvalue weighted by Gasteiger charge is 2.22. The largest absolute Gasteiger partial charge is 0.309 e. The molecule has 0 spiro atoms. The van der Waals surface area contributed by atoms with Gasteiger partial charge in [0.2, 0.25) is 0 Å². The van der Waals surface area contributed by atoms with Crippen molar-refractivity contribution in [1.29, 1.82) is 0 Å². The summed E-state index contributed by atoms with van der Waals surface area (Å²) in [4.78, 5) is 5.54. The van der Waals surface area contributed by atoms with E-state index in [9.17, 15) is 0 Å². The number of para-hydroxylation sites is 3. The monoisotopic (exact) mass is 661 g/mol. The molecule has 0 atom stereocenters. The Morgan fingerprint density at radius 2 is 0.769 bits per heavy atom. The van der Waals surface area contributed by atoms with Crippen LogP contribution in [0.3, 0.4) is 0 Å². The third-order valence-electron chi connectivity index (χ3n) is 10.7. The highest BCUT2D eigenvalue weighted by Crippen LogP contribution is 2.45. The summed E-state index contributed by atoms with van der Waals surface area (Å²) in [6.07, 6.45) is 0. The number of benzene rings is 8. The van der Waals surface area contributed by atoms with Gasteiger partial charge < -0.3 is 4.57 Å². The number of nitrogens with zero attached hydrogens (tertiary/aromatic N) is 3. The average Bonchev–Trinajstić information content (AvgIpc) is 3.73. The topological polar surface area (TPSA) is 22.8 Å². The van der Waals surface area contributed by atoms with E-state index in [0.29, 0.717) is 0 Å². The van der Waals surface area contributed by atoms with Gasteiger partial charge in [-0.15, -0.1) is 0 Å². The molecule has 3 heteroatoms. The van der Waals surface area contributed by atoms with Crippen LogP contribution in [0.15, 0.2) is 188 Å². The number of hydrogen-bond donors (Lipinski definition) is 0. The van der Waals surface area contributed by atoms with Crippen LogP contribution in [0.2, 0.25) is 0 Å². The van der Waals surface area contributed by atoms with E-state index in [1.807, 2.05) is 0 Å². The molecule has 0 aliphatic carbocycles. The Hall–Kier alpha value is -6.97. The smallest absolute Gasteiger partial charge is 0.138 e. The minimum atomic E-state index is 0.898. The van der Waals surface area contributed by atoms with Crippen LogP contribution in [0, 0.1) is 0 Å². The standard InChI is InChI=1S/C49H31N3/c1-3-16-32(17-4-1)46-34-20-7-9-22-36(34)47(37-23-10-8-21-35(37)46)40-26-15-29-45(50-40)52-42-28-14-12-25-39(42)49-44(52)31-30-43-48(49)38-24-11-13-27-41(38)51(43)33-18-5-2-6-19-33/h1-31H. The lowest BCUT2D eigenvalue weighted by Gasteiger charge is -2.18. The van der Waals surface area contributed by atoms with Crippen molar-refractivity contribution in [2.75, 3.05) is 0 Å². The van der Waals surface area contributed by atoms with E-state index in [4.69, 9.17) is 4.98 Å². The van der Waals surface area contributed by atoms with Gasteiger partial charge in [0.05, 0.1) is 27.8 Å². The predicted molar refractivity (Wildman–Crippen MR) is 219 cm³/mol. The lowest BCUT2D eigenvalue weighted by molar-refractivity contribution is 1.08. The van der Waals surface area contributed by atoms with Crippen LogP contribution in [0.1, 0.15) is 0 Å². The molecule has 0 N–H and O–H groups in total. The molecule has 11 rings (SSSR count). The summed E-state index contributed by atoms with van der Waals surface area (Å²) in [7, 11) is 0. The predicted octanol–water partition coefficient (Wildman–Crippen LogP) is 12.9. The molecule has 0 unspecified atom stereocenters. The normalized spacial score (nSPS) is 11.8. The van der Waals surface area contributed by atoms with Gasteiger partial charge in [0.1, 0.15) is 5.82 Å². The molecular formula is C49H31N3. The highest BCUT2D eigenvalue weighted by molar-refractivity contribution is 6.29. The lowest BCUT2D eigenvalue weighted by atomic mass is 9.87. The molecule has 242 valence electrons. The van der Waals surface area contributed by atoms with Crippen LogP contribution in [0.25, 0.3) is 99.0 Å². The van der Waals surface area contributed by atoms with Crippen molar-refractivity contribution in [2.24, 2.45) is 0 Å². The molecule has 3 nitrogen and oxygen atoms in total. The Balaban J connectivity index is 1.21. The zero-order valence-electron chi connectivity index (χ0n) is 28.2. The summed E-state index contributed by atoms with van der Waals surface area (Å²) < 4.78 is 4.75. The van der Waals surface area contributed by atoms with Gasteiger partial charge in [-0.2, -0.15) is 0 Å². The molecule has 3 heterocycles. The second kappa shape index (κ2) is 11.3. The van der Waals surface area contributed by atoms with E-state index in [2.05, 4.69) is 197 Å². The molecular weight excluding hydrogens is 631 g/mol. The fraction of sp³-hybridized carbons (Fsp3) is 0. The van der Waals surface area contributed by atoms with Crippen LogP contribution < -0.4 is 0 Å². The van der Waals surface area contributed by atoms with E-state index >= 15 is 0 Å². The minimum absolute atomic E-state index is 0.898. The number of hydrogen-bond acceptors (Lipinski definition) is 1. The second-order valence-electron chi connectivity index (χ2n) is 13.5. The van der Waals surface area contributed by atoms with Crippen molar-refractivity contribution in [2.45, 2.75) is 0 Å². The first-order valence-corrected chi connectivity index (χ1v) is 17.8. The SMILES string of the molecule is c1ccc(-c2c3ccccc3c(-c3cccc(-n4c5ccccc5c5c6c7ccccc7n(-c7ccccc7)c6ccc54)n3)c3ccccc23)cc1. The van der Waals surface area contributed by atoms with Crippen LogP contribution in [-0.2, 0) is 0 Å². The Bertz CT molecular complexity index is 3110. The van der Waals surface area contributed by atoms with Crippen molar-refractivity contribution < 1.29 is 0 Å². The van der Waals surface area contributed by atoms with Crippen molar-refractivity contribution in [3.63, 3.8) is 0 Å². The summed E-state index contributed by atoms with van der Waals surface area (Å²) in [5.41, 5.74) is 10.4. The van der Waals surface area contributed by atoms with E-state index in [0.717, 1.165) is 33.8 Å². The highest BCUT2D eigenvalue weighted by atomic mass is 15.1. The van der Waals surface area contributed by atoms with Crippen molar-refractivity contribution >= 4 is 65.2 Å². The zero-order valence-corrected chi connectivity index (χ0v) is 28.2. The fourth-order valence-corrected chi connectivity index (χ4v) is 8.63. The molecule has 52 heavy (non-hydrogen) atoms.